The van der Waals surface area contributed by atoms with E-state index in [0.29, 0.717) is 10.1 Å². The van der Waals surface area contributed by atoms with Crippen molar-refractivity contribution in [2.24, 2.45) is 0 Å². The molecular formula is C17H18FN2O9PS. The molecule has 0 amide bonds. The quantitative estimate of drug-likeness (QED) is 0.363. The number of aliphatic hydroxyl groups excluding tert-OH is 3. The Balaban J connectivity index is 1.58. The summed E-state index contributed by atoms with van der Waals surface area (Å²) in [6.07, 6.45) is -6.67. The van der Waals surface area contributed by atoms with Gasteiger partial charge in [0.05, 0.1) is 14.6 Å². The van der Waals surface area contributed by atoms with E-state index in [-0.39, 0.29) is 22.6 Å². The van der Waals surface area contributed by atoms with Crippen LogP contribution in [0.1, 0.15) is 18.7 Å². The summed E-state index contributed by atoms with van der Waals surface area (Å²) in [5.74, 6) is -3.09. The summed E-state index contributed by atoms with van der Waals surface area (Å²) in [4.78, 5) is 14.4. The van der Waals surface area contributed by atoms with Crippen LogP contribution in [0.3, 0.4) is 0 Å². The fourth-order valence-electron chi connectivity index (χ4n) is 3.00. The molecule has 31 heavy (non-hydrogen) atoms. The lowest BCUT2D eigenvalue weighted by Gasteiger charge is -2.28. The molecule has 0 saturated carbocycles. The molecule has 0 radical (unpaired) electrons. The van der Waals surface area contributed by atoms with E-state index in [0.717, 1.165) is 6.20 Å². The summed E-state index contributed by atoms with van der Waals surface area (Å²) in [7, 11) is -4.33. The van der Waals surface area contributed by atoms with Gasteiger partial charge in [-0.25, -0.2) is 13.8 Å². The molecule has 2 aliphatic heterocycles. The fourth-order valence-corrected chi connectivity index (χ4v) is 4.43. The highest BCUT2D eigenvalue weighted by molar-refractivity contribution is 7.71. The van der Waals surface area contributed by atoms with Gasteiger partial charge < -0.3 is 24.6 Å². The Morgan fingerprint density at radius 1 is 1.45 bits per heavy atom. The lowest BCUT2D eigenvalue weighted by atomic mass is 10.1. The van der Waals surface area contributed by atoms with Crippen molar-refractivity contribution in [2.75, 3.05) is 6.61 Å². The van der Waals surface area contributed by atoms with Crippen molar-refractivity contribution in [2.45, 2.75) is 37.5 Å². The molecule has 4 N–H and O–H groups in total. The van der Waals surface area contributed by atoms with Crippen LogP contribution in [0.15, 0.2) is 35.3 Å². The molecular weight excluding hydrogens is 458 g/mol. The third kappa shape index (κ3) is 4.11. The highest BCUT2D eigenvalue weighted by atomic mass is 32.1. The zero-order valence-corrected chi connectivity index (χ0v) is 17.3. The smallest absolute Gasteiger partial charge is 0.404 e. The molecule has 0 aliphatic carbocycles. The number of aliphatic hydroxyl groups is 3. The Hall–Kier alpha value is -1.96. The highest BCUT2D eigenvalue weighted by Gasteiger charge is 2.57. The van der Waals surface area contributed by atoms with Crippen molar-refractivity contribution in [3.05, 3.63) is 56.7 Å². The molecule has 168 valence electrons. The minimum absolute atomic E-state index is 0.0174. The molecule has 1 aromatic heterocycles. The number of nitrogens with one attached hydrogen (secondary N) is 1. The van der Waals surface area contributed by atoms with Crippen molar-refractivity contribution in [3.63, 3.8) is 0 Å². The number of hydrogen-bond donors (Lipinski definition) is 4. The van der Waals surface area contributed by atoms with E-state index < -0.39 is 51.0 Å². The van der Waals surface area contributed by atoms with E-state index >= 15 is 4.39 Å². The van der Waals surface area contributed by atoms with Crippen molar-refractivity contribution in [3.8, 4) is 5.75 Å². The van der Waals surface area contributed by atoms with E-state index in [1.54, 1.807) is 18.2 Å². The highest BCUT2D eigenvalue weighted by Crippen LogP contribution is 2.55. The average Bonchev–Trinajstić information content (AvgIpc) is 2.93. The first-order chi connectivity index (χ1) is 15.0. The minimum Gasteiger partial charge on any atom is -0.404 e. The van der Waals surface area contributed by atoms with Crippen LogP contribution in [0.25, 0.3) is 0 Å². The molecule has 5 atom stereocenters. The van der Waals surface area contributed by atoms with Crippen molar-refractivity contribution >= 4 is 20.0 Å². The van der Waals surface area contributed by atoms with Crippen LogP contribution in [0.5, 0.6) is 5.75 Å². The van der Waals surface area contributed by atoms with Crippen molar-refractivity contribution in [1.29, 1.82) is 0 Å². The van der Waals surface area contributed by atoms with E-state index in [9.17, 15) is 24.7 Å². The SMILES string of the molecule is [2H][C@@]1(n2cc(CO)c(=S)[nH]c2=O)O[C@](F)(COP2(=O)OCc3ccccc3O2)[C@@H](O)[C@H]1O. The summed E-state index contributed by atoms with van der Waals surface area (Å²) in [5.41, 5.74) is -0.506. The fraction of sp³-hybridized carbons (Fsp3) is 0.412. The summed E-state index contributed by atoms with van der Waals surface area (Å²) in [5, 5.41) is 29.9. The Bertz CT molecular complexity index is 1210. The second kappa shape index (κ2) is 8.19. The number of nitrogens with zero attached hydrogens (tertiary/aromatic N) is 1. The van der Waals surface area contributed by atoms with Gasteiger partial charge in [0.25, 0.3) is 5.85 Å². The molecule has 1 unspecified atom stereocenters. The molecule has 14 heteroatoms. The van der Waals surface area contributed by atoms with Gasteiger partial charge in [-0.15, -0.1) is 0 Å². The maximum absolute atomic E-state index is 15.4. The summed E-state index contributed by atoms with van der Waals surface area (Å²) < 4.78 is 56.9. The molecule has 1 aromatic carbocycles. The van der Waals surface area contributed by atoms with Gasteiger partial charge in [-0.3, -0.25) is 18.6 Å². The number of halogens is 1. The number of para-hydroxylation sites is 1. The van der Waals surface area contributed by atoms with Crippen molar-refractivity contribution in [1.82, 2.24) is 9.55 Å². The topological polar surface area (TPSA) is 152 Å². The summed E-state index contributed by atoms with van der Waals surface area (Å²) in [6, 6.07) is 6.48. The number of alkyl halides is 1. The summed E-state index contributed by atoms with van der Waals surface area (Å²) in [6.45, 7) is -2.05. The van der Waals surface area contributed by atoms with Gasteiger partial charge in [0.2, 0.25) is 0 Å². The molecule has 3 heterocycles. The van der Waals surface area contributed by atoms with E-state index in [1.807, 2.05) is 0 Å². The van der Waals surface area contributed by atoms with Crippen molar-refractivity contribution < 1.29 is 44.0 Å². The molecule has 1 saturated heterocycles. The van der Waals surface area contributed by atoms with Crippen LogP contribution in [-0.2, 0) is 31.6 Å². The second-order valence-corrected chi connectivity index (χ2v) is 8.75. The Morgan fingerprint density at radius 3 is 2.94 bits per heavy atom. The first-order valence-electron chi connectivity index (χ1n) is 9.39. The first kappa shape index (κ1) is 20.9. The lowest BCUT2D eigenvalue weighted by molar-refractivity contribution is -0.205. The van der Waals surface area contributed by atoms with Crippen LogP contribution >= 0.6 is 20.0 Å². The van der Waals surface area contributed by atoms with Crippen LogP contribution in [0.2, 0.25) is 0 Å². The van der Waals surface area contributed by atoms with Gasteiger partial charge in [-0.05, 0) is 6.07 Å². The predicted molar refractivity (Wildman–Crippen MR) is 103 cm³/mol. The number of aromatic nitrogens is 2. The molecule has 2 aromatic rings. The summed E-state index contributed by atoms with van der Waals surface area (Å²) >= 11 is 4.87. The minimum atomic E-state index is -4.33. The van der Waals surface area contributed by atoms with Gasteiger partial charge in [-0.1, -0.05) is 30.4 Å². The Morgan fingerprint density at radius 2 is 2.19 bits per heavy atom. The molecule has 1 fully saturated rings. The number of fused-ring (bicyclic) bond motifs is 1. The average molecular weight is 477 g/mol. The van der Waals surface area contributed by atoms with Gasteiger partial charge in [0.15, 0.2) is 6.20 Å². The second-order valence-electron chi connectivity index (χ2n) is 6.75. The monoisotopic (exact) mass is 477 g/mol. The first-order valence-corrected chi connectivity index (χ1v) is 10.8. The number of ether oxygens (including phenoxy) is 1. The number of phosphoric ester groups is 1. The number of benzene rings is 1. The predicted octanol–water partition coefficient (Wildman–Crippen LogP) is 1.05. The molecule has 2 aliphatic rings. The van der Waals surface area contributed by atoms with E-state index in [2.05, 4.69) is 4.98 Å². The Labute approximate surface area is 180 Å². The Kier molecular flexibility index (Phi) is 5.52. The zero-order valence-electron chi connectivity index (χ0n) is 16.6. The van der Waals surface area contributed by atoms with Gasteiger partial charge in [0, 0.05) is 17.3 Å². The van der Waals surface area contributed by atoms with E-state index in [4.69, 9.17) is 31.9 Å². The maximum Gasteiger partial charge on any atom is 0.530 e. The number of aromatic amines is 1. The third-order valence-corrected chi connectivity index (χ3v) is 6.35. The van der Waals surface area contributed by atoms with Crippen LogP contribution in [0, 0.1) is 4.64 Å². The van der Waals surface area contributed by atoms with E-state index in [1.165, 1.54) is 6.07 Å². The van der Waals surface area contributed by atoms with Gasteiger partial charge >= 0.3 is 13.5 Å². The number of phosphoric acid groups is 1. The van der Waals surface area contributed by atoms with Crippen LogP contribution in [-0.4, -0.2) is 49.5 Å². The van der Waals surface area contributed by atoms with Crippen LogP contribution < -0.4 is 10.2 Å². The number of H-pyrrole nitrogens is 1. The van der Waals surface area contributed by atoms with Gasteiger partial charge in [-0.2, -0.15) is 0 Å². The molecule has 0 bridgehead atoms. The third-order valence-electron chi connectivity index (χ3n) is 4.67. The zero-order chi connectivity index (χ0) is 23.3. The van der Waals surface area contributed by atoms with Gasteiger partial charge in [0.1, 0.15) is 29.2 Å². The molecule has 0 spiro atoms. The lowest BCUT2D eigenvalue weighted by Crippen LogP contribution is -2.43. The maximum atomic E-state index is 15.4. The number of rotatable bonds is 5. The standard InChI is InChI=1S/C17H18FN2O9PS/c18-17(8-27-30(25)26-7-9-3-1-2-4-11(9)29-30)13(23)12(22)15(28-17)20-5-10(6-21)14(31)19-16(20)24/h1-5,12-13,15,21-23H,6-8H2,(H,19,24,31)/t12-,13+,15-,17-,30?/m1/s1/i15D. The molecule has 4 rings (SSSR count). The largest absolute Gasteiger partial charge is 0.530 e. The number of hydrogen-bond acceptors (Lipinski definition) is 10. The molecule has 11 nitrogen and oxygen atoms in total. The van der Waals surface area contributed by atoms with Crippen LogP contribution in [0.4, 0.5) is 4.39 Å². The normalized spacial score (nSPS) is 35.3.